The molecule has 1 nitrogen and oxygen atoms in total. The lowest BCUT2D eigenvalue weighted by Crippen LogP contribution is -1.93. The predicted molar refractivity (Wildman–Crippen MR) is 232 cm³/mol. The van der Waals surface area contributed by atoms with Gasteiger partial charge in [0.25, 0.3) is 0 Å². The van der Waals surface area contributed by atoms with Crippen molar-refractivity contribution in [3.8, 4) is 44.5 Å². The number of fused-ring (bicyclic) bond motifs is 6. The van der Waals surface area contributed by atoms with Gasteiger partial charge in [-0.15, -0.1) is 0 Å². The highest BCUT2D eigenvalue weighted by Crippen LogP contribution is 2.46. The molecule has 0 radical (unpaired) electrons. The zero-order valence-corrected chi connectivity index (χ0v) is 29.4. The van der Waals surface area contributed by atoms with Crippen molar-refractivity contribution in [3.05, 3.63) is 179 Å². The van der Waals surface area contributed by atoms with E-state index >= 15 is 0 Å². The molecule has 10 rings (SSSR count). The van der Waals surface area contributed by atoms with Crippen LogP contribution in [0.1, 0.15) is 62.1 Å². The first kappa shape index (κ1) is 15.5. The third-order valence-corrected chi connectivity index (χ3v) is 9.46. The molecule has 258 valence electrons. The van der Waals surface area contributed by atoms with Gasteiger partial charge < -0.3 is 4.42 Å². The van der Waals surface area contributed by atoms with Crippen LogP contribution in [0.4, 0.5) is 0 Å². The van der Waals surface area contributed by atoms with E-state index in [9.17, 15) is 19.2 Å². The molecule has 0 aliphatic rings. The van der Waals surface area contributed by atoms with E-state index in [0.29, 0.717) is 0 Å². The normalized spacial score (nSPS) is 18.3. The van der Waals surface area contributed by atoms with E-state index in [1.54, 1.807) is 0 Å². The van der Waals surface area contributed by atoms with Crippen LogP contribution in [-0.4, -0.2) is 0 Å². The largest absolute Gasteiger partial charge is 0.455 e. The predicted octanol–water partition coefficient (Wildman–Crippen LogP) is 15.3. The van der Waals surface area contributed by atoms with Crippen molar-refractivity contribution < 1.29 is 38.7 Å². The zero-order valence-electron chi connectivity index (χ0n) is 54.4. The average molecular weight is 718 g/mol. The van der Waals surface area contributed by atoms with Gasteiger partial charge in [0.2, 0.25) is 0 Å². The van der Waals surface area contributed by atoms with Crippen molar-refractivity contribution in [2.45, 2.75) is 34.6 Å². The first-order valence-corrected chi connectivity index (χ1v) is 16.9. The van der Waals surface area contributed by atoms with E-state index in [2.05, 4.69) is 0 Å². The maximum Gasteiger partial charge on any atom is 0.138 e. The van der Waals surface area contributed by atoms with Gasteiger partial charge in [0.1, 0.15) is 11.2 Å². The van der Waals surface area contributed by atoms with Crippen LogP contribution < -0.4 is 0 Å². The molecule has 0 fully saturated rings. The van der Waals surface area contributed by atoms with E-state index in [-0.39, 0.29) is 71.7 Å². The van der Waals surface area contributed by atoms with E-state index < -0.39 is 206 Å². The summed E-state index contributed by atoms with van der Waals surface area (Å²) in [5.41, 5.74) is -4.25. The molecule has 0 aliphatic heterocycles. The summed E-state index contributed by atoms with van der Waals surface area (Å²) in [6, 6.07) is -17.1. The van der Waals surface area contributed by atoms with Crippen LogP contribution in [0.5, 0.6) is 0 Å². The lowest BCUT2D eigenvalue weighted by atomic mass is 9.84. The van der Waals surface area contributed by atoms with Crippen molar-refractivity contribution in [2.75, 3.05) is 0 Å². The topological polar surface area (TPSA) is 13.1 Å². The Morgan fingerprint density at radius 1 is 0.370 bits per heavy atom. The van der Waals surface area contributed by atoms with E-state index in [4.69, 9.17) is 19.5 Å². The maximum absolute atomic E-state index is 9.91. The summed E-state index contributed by atoms with van der Waals surface area (Å²) < 4.78 is 235. The molecule has 0 unspecified atom stereocenters. The Bertz CT molecular complexity index is 4420. The molecule has 54 heavy (non-hydrogen) atoms. The van der Waals surface area contributed by atoms with E-state index in [1.807, 2.05) is 0 Å². The Morgan fingerprint density at radius 3 is 1.80 bits per heavy atom. The van der Waals surface area contributed by atoms with Gasteiger partial charge in [0.15, 0.2) is 0 Å². The smallest absolute Gasteiger partial charge is 0.138 e. The molecule has 0 atom stereocenters. The summed E-state index contributed by atoms with van der Waals surface area (Å²) in [5, 5.41) is -2.40. The second kappa shape index (κ2) is 12.3. The summed E-state index contributed by atoms with van der Waals surface area (Å²) in [6.45, 7) is 6.95. The fourth-order valence-electron chi connectivity index (χ4n) is 6.96. The number of hydrogen-bond donors (Lipinski definition) is 0. The second-order valence-electron chi connectivity index (χ2n) is 13.0. The van der Waals surface area contributed by atoms with Gasteiger partial charge in [0.05, 0.1) is 34.3 Å². The summed E-state index contributed by atoms with van der Waals surface area (Å²) in [6.07, 6.45) is 0. The standard InChI is InChI=1S/C53H40O/c1-31-11-10-13-38(25-31)36-18-20-37(21-19-36)50-44-15-8-9-16-45(44)51(46-23-17-32(2)26-47(46)50)40-22-24-42(33(3)27-40)41-28-34(4)52-48(30-41)49-29-39-12-6-7-14-43(39)35(5)53(49)54-52/h6-30H,1-5H3/i6D,7D,8D,9D,10D,11D,12D,13D,14D,15D,16D,17D,18D,19D,20D,21D,22D,23D,24D,25D,26D,27D,28D,29D,30D. The van der Waals surface area contributed by atoms with Crippen molar-refractivity contribution >= 4 is 54.3 Å². The van der Waals surface area contributed by atoms with Gasteiger partial charge in [-0.2, -0.15) is 0 Å². The minimum atomic E-state index is -0.911. The van der Waals surface area contributed by atoms with Crippen LogP contribution in [0.3, 0.4) is 0 Å². The fourth-order valence-corrected chi connectivity index (χ4v) is 6.96. The number of furan rings is 1. The van der Waals surface area contributed by atoms with Crippen LogP contribution in [0.25, 0.3) is 98.8 Å². The number of hydrogen-bond acceptors (Lipinski definition) is 1. The summed E-state index contributed by atoms with van der Waals surface area (Å²) in [4.78, 5) is 0. The number of benzene rings is 9. The Balaban J connectivity index is 1.37. The summed E-state index contributed by atoms with van der Waals surface area (Å²) in [5.74, 6) is 0. The first-order valence-electron chi connectivity index (χ1n) is 29.4. The molecule has 0 N–H and O–H groups in total. The molecule has 0 spiro atoms. The Labute approximate surface area is 351 Å². The maximum atomic E-state index is 9.91. The molecule has 0 saturated heterocycles. The zero-order chi connectivity index (χ0) is 58.4. The summed E-state index contributed by atoms with van der Waals surface area (Å²) in [7, 11) is 0. The van der Waals surface area contributed by atoms with Crippen molar-refractivity contribution in [1.29, 1.82) is 0 Å². The van der Waals surface area contributed by atoms with Crippen LogP contribution in [0.15, 0.2) is 155 Å². The number of rotatable bonds is 4. The van der Waals surface area contributed by atoms with Crippen molar-refractivity contribution in [1.82, 2.24) is 0 Å². The molecular weight excluding hydrogens is 653 g/mol. The van der Waals surface area contributed by atoms with Gasteiger partial charge in [0, 0.05) is 16.3 Å². The van der Waals surface area contributed by atoms with Gasteiger partial charge in [-0.3, -0.25) is 0 Å². The minimum absolute atomic E-state index is 0.00719. The molecular formula is C53H40O. The molecule has 10 aromatic rings. The van der Waals surface area contributed by atoms with Gasteiger partial charge >= 0.3 is 0 Å². The number of aryl methyl sites for hydroxylation is 2. The SMILES string of the molecule is [2H]c1c([2H])c(C)c([2H])c(-c2c([2H])c([2H])c(-c3c4c([2H])c([2H])c([2H])c([2H])c4c(-c4c([2H])c([2H])c(-c5c([2H])c(C)c6oc7c(C)c8c([2H])c([2H])c([2H])c([2H])c8c([2H])c7c6c5[2H])c(C)c4[2H])c4c([2H])c([2H])c(C)c([2H])c34)c([2H])c2[2H])c1[2H]. The molecule has 1 heterocycles. The van der Waals surface area contributed by atoms with Crippen molar-refractivity contribution in [3.63, 3.8) is 0 Å². The molecule has 0 saturated carbocycles. The lowest BCUT2D eigenvalue weighted by molar-refractivity contribution is 0.663. The quantitative estimate of drug-likeness (QED) is 0.165. The van der Waals surface area contributed by atoms with Crippen molar-refractivity contribution in [2.24, 2.45) is 0 Å². The van der Waals surface area contributed by atoms with Gasteiger partial charge in [-0.25, -0.2) is 0 Å². The Hall–Kier alpha value is -6.44. The van der Waals surface area contributed by atoms with Crippen LogP contribution in [-0.2, 0) is 0 Å². The lowest BCUT2D eigenvalue weighted by Gasteiger charge is -2.19. The van der Waals surface area contributed by atoms with Crippen LogP contribution >= 0.6 is 0 Å². The van der Waals surface area contributed by atoms with Gasteiger partial charge in [-0.05, 0) is 141 Å². The highest BCUT2D eigenvalue weighted by atomic mass is 16.3. The molecule has 0 bridgehead atoms. The molecule has 1 aromatic heterocycles. The monoisotopic (exact) mass is 717 g/mol. The Morgan fingerprint density at radius 2 is 1.00 bits per heavy atom. The second-order valence-corrected chi connectivity index (χ2v) is 13.0. The summed E-state index contributed by atoms with van der Waals surface area (Å²) >= 11 is 0. The van der Waals surface area contributed by atoms with E-state index in [1.165, 1.54) is 34.6 Å². The third-order valence-electron chi connectivity index (χ3n) is 9.46. The fraction of sp³-hybridized carbons (Fsp3) is 0.0943. The average Bonchev–Trinajstić information content (AvgIpc) is 4.02. The van der Waals surface area contributed by atoms with E-state index in [0.717, 1.165) is 0 Å². The van der Waals surface area contributed by atoms with Crippen LogP contribution in [0.2, 0.25) is 0 Å². The minimum Gasteiger partial charge on any atom is -0.455 e. The highest BCUT2D eigenvalue weighted by molar-refractivity contribution is 6.21. The Kier molecular flexibility index (Phi) is 3.54. The highest BCUT2D eigenvalue weighted by Gasteiger charge is 2.19. The molecule has 9 aromatic carbocycles. The molecule has 0 amide bonds. The van der Waals surface area contributed by atoms with Gasteiger partial charge in [-0.1, -0.05) is 144 Å². The van der Waals surface area contributed by atoms with Crippen LogP contribution in [0, 0.1) is 34.6 Å². The molecule has 0 aliphatic carbocycles. The third kappa shape index (κ3) is 5.07. The first-order chi connectivity index (χ1) is 36.8. The molecule has 1 heteroatoms.